The van der Waals surface area contributed by atoms with Gasteiger partial charge in [-0.2, -0.15) is 0 Å². The molecular formula is C8H6Cl2N2. The zero-order valence-electron chi connectivity index (χ0n) is 6.14. The molecule has 0 aromatic carbocycles. The number of nitrogen functional groups attached to an aromatic ring is 1. The van der Waals surface area contributed by atoms with E-state index in [4.69, 9.17) is 28.9 Å². The third-order valence-corrected chi connectivity index (χ3v) is 1.53. The highest BCUT2D eigenvalue weighted by Crippen LogP contribution is 2.13. The van der Waals surface area contributed by atoms with Crippen molar-refractivity contribution in [2.24, 2.45) is 0 Å². The van der Waals surface area contributed by atoms with Gasteiger partial charge in [0.1, 0.15) is 5.15 Å². The maximum Gasteiger partial charge on any atom is 0.131 e. The van der Waals surface area contributed by atoms with E-state index >= 15 is 0 Å². The van der Waals surface area contributed by atoms with E-state index in [2.05, 4.69) is 16.8 Å². The molecule has 1 aromatic rings. The predicted octanol–water partition coefficient (Wildman–Crippen LogP) is 1.91. The molecule has 0 aliphatic rings. The van der Waals surface area contributed by atoms with E-state index in [9.17, 15) is 0 Å². The number of hydrogen-bond donors (Lipinski definition) is 1. The Bertz CT molecular complexity index is 339. The fourth-order valence-corrected chi connectivity index (χ4v) is 0.910. The van der Waals surface area contributed by atoms with Crippen LogP contribution in [0.15, 0.2) is 12.3 Å². The minimum atomic E-state index is 0.280. The van der Waals surface area contributed by atoms with E-state index in [-0.39, 0.29) is 5.88 Å². The predicted molar refractivity (Wildman–Crippen MR) is 51.3 cm³/mol. The van der Waals surface area contributed by atoms with Gasteiger partial charge in [-0.25, -0.2) is 4.98 Å². The van der Waals surface area contributed by atoms with Gasteiger partial charge in [0.2, 0.25) is 0 Å². The Labute approximate surface area is 80.7 Å². The normalized spacial score (nSPS) is 8.83. The summed E-state index contributed by atoms with van der Waals surface area (Å²) in [7, 11) is 0. The Morgan fingerprint density at radius 1 is 1.58 bits per heavy atom. The molecule has 0 radical (unpaired) electrons. The zero-order valence-corrected chi connectivity index (χ0v) is 7.65. The average Bonchev–Trinajstić information content (AvgIpc) is 2.03. The molecule has 0 fully saturated rings. The molecule has 4 heteroatoms. The van der Waals surface area contributed by atoms with Crippen molar-refractivity contribution in [3.63, 3.8) is 0 Å². The third kappa shape index (κ3) is 2.30. The lowest BCUT2D eigenvalue weighted by atomic mass is 10.2. The maximum absolute atomic E-state index is 5.59. The first-order valence-corrected chi connectivity index (χ1v) is 4.11. The molecular weight excluding hydrogens is 195 g/mol. The van der Waals surface area contributed by atoms with Crippen LogP contribution in [0, 0.1) is 11.8 Å². The van der Waals surface area contributed by atoms with Crippen molar-refractivity contribution in [1.29, 1.82) is 0 Å². The Morgan fingerprint density at radius 3 is 2.92 bits per heavy atom. The molecule has 1 heterocycles. The lowest BCUT2D eigenvalue weighted by Crippen LogP contribution is -1.91. The lowest BCUT2D eigenvalue weighted by molar-refractivity contribution is 1.32. The van der Waals surface area contributed by atoms with Gasteiger partial charge < -0.3 is 5.73 Å². The molecule has 1 aromatic heterocycles. The highest BCUT2D eigenvalue weighted by molar-refractivity contribution is 6.29. The van der Waals surface area contributed by atoms with Crippen molar-refractivity contribution in [2.75, 3.05) is 11.6 Å². The molecule has 0 unspecified atom stereocenters. The van der Waals surface area contributed by atoms with Gasteiger partial charge in [-0.3, -0.25) is 0 Å². The minimum Gasteiger partial charge on any atom is -0.398 e. The Balaban J connectivity index is 3.01. The molecule has 2 N–H and O–H groups in total. The van der Waals surface area contributed by atoms with Crippen LogP contribution in [0.3, 0.4) is 0 Å². The first-order chi connectivity index (χ1) is 5.74. The number of anilines is 1. The van der Waals surface area contributed by atoms with E-state index in [0.717, 1.165) is 0 Å². The first kappa shape index (κ1) is 9.18. The zero-order chi connectivity index (χ0) is 8.97. The van der Waals surface area contributed by atoms with Gasteiger partial charge in [-0.05, 0) is 6.07 Å². The first-order valence-electron chi connectivity index (χ1n) is 3.20. The number of halogens is 2. The summed E-state index contributed by atoms with van der Waals surface area (Å²) in [4.78, 5) is 3.83. The summed E-state index contributed by atoms with van der Waals surface area (Å²) >= 11 is 11.0. The summed E-state index contributed by atoms with van der Waals surface area (Å²) in [5, 5.41) is 0.365. The monoisotopic (exact) mass is 200 g/mol. The highest BCUT2D eigenvalue weighted by atomic mass is 35.5. The van der Waals surface area contributed by atoms with Crippen molar-refractivity contribution in [1.82, 2.24) is 4.98 Å². The van der Waals surface area contributed by atoms with Crippen molar-refractivity contribution >= 4 is 28.9 Å². The van der Waals surface area contributed by atoms with Crippen LogP contribution in [0.5, 0.6) is 0 Å². The second-order valence-electron chi connectivity index (χ2n) is 2.03. The lowest BCUT2D eigenvalue weighted by Gasteiger charge is -1.96. The summed E-state index contributed by atoms with van der Waals surface area (Å²) in [6.45, 7) is 0. The van der Waals surface area contributed by atoms with E-state index in [1.807, 2.05) is 0 Å². The molecule has 2 nitrogen and oxygen atoms in total. The number of nitrogens with zero attached hydrogens (tertiary/aromatic N) is 1. The molecule has 0 bridgehead atoms. The van der Waals surface area contributed by atoms with Gasteiger partial charge in [0, 0.05) is 6.20 Å². The van der Waals surface area contributed by atoms with Crippen LogP contribution in [0.2, 0.25) is 5.15 Å². The largest absolute Gasteiger partial charge is 0.398 e. The topological polar surface area (TPSA) is 38.9 Å². The van der Waals surface area contributed by atoms with E-state index in [1.54, 1.807) is 6.07 Å². The van der Waals surface area contributed by atoms with Crippen molar-refractivity contribution < 1.29 is 0 Å². The van der Waals surface area contributed by atoms with Gasteiger partial charge >= 0.3 is 0 Å². The highest BCUT2D eigenvalue weighted by Gasteiger charge is 1.96. The molecule has 0 aliphatic carbocycles. The average molecular weight is 201 g/mol. The quantitative estimate of drug-likeness (QED) is 0.395. The molecule has 0 saturated heterocycles. The smallest absolute Gasteiger partial charge is 0.131 e. The SMILES string of the molecule is Nc1cc(Cl)ncc1C#CCCl. The van der Waals surface area contributed by atoms with E-state index < -0.39 is 0 Å². The summed E-state index contributed by atoms with van der Waals surface area (Å²) in [5.74, 6) is 5.72. The summed E-state index contributed by atoms with van der Waals surface area (Å²) in [6, 6.07) is 1.56. The van der Waals surface area contributed by atoms with Gasteiger partial charge in [0.05, 0.1) is 17.1 Å². The summed E-state index contributed by atoms with van der Waals surface area (Å²) in [5.41, 5.74) is 6.77. The molecule has 0 aliphatic heterocycles. The van der Waals surface area contributed by atoms with Gasteiger partial charge in [-0.1, -0.05) is 23.4 Å². The number of alkyl halides is 1. The summed E-state index contributed by atoms with van der Waals surface area (Å²) < 4.78 is 0. The fraction of sp³-hybridized carbons (Fsp3) is 0.125. The van der Waals surface area contributed by atoms with Crippen molar-refractivity contribution in [3.05, 3.63) is 23.0 Å². The molecule has 0 atom stereocenters. The second-order valence-corrected chi connectivity index (χ2v) is 2.68. The number of pyridine rings is 1. The fourth-order valence-electron chi connectivity index (χ4n) is 0.677. The van der Waals surface area contributed by atoms with E-state index in [1.165, 1.54) is 6.20 Å². The number of rotatable bonds is 0. The van der Waals surface area contributed by atoms with Crippen molar-refractivity contribution in [3.8, 4) is 11.8 Å². The molecule has 62 valence electrons. The number of aromatic nitrogens is 1. The van der Waals surface area contributed by atoms with Gasteiger partial charge in [0.15, 0.2) is 0 Å². The van der Waals surface area contributed by atoms with Gasteiger partial charge in [0.25, 0.3) is 0 Å². The molecule has 0 spiro atoms. The number of hydrogen-bond acceptors (Lipinski definition) is 2. The Morgan fingerprint density at radius 2 is 2.33 bits per heavy atom. The van der Waals surface area contributed by atoms with Crippen LogP contribution in [-0.2, 0) is 0 Å². The van der Waals surface area contributed by atoms with E-state index in [0.29, 0.717) is 16.4 Å². The molecule has 0 amide bonds. The summed E-state index contributed by atoms with van der Waals surface area (Å²) in [6.07, 6.45) is 1.53. The van der Waals surface area contributed by atoms with Crippen LogP contribution < -0.4 is 5.73 Å². The standard InChI is InChI=1S/C8H6Cl2N2/c9-3-1-2-6-5-12-8(10)4-7(6)11/h4-5H,3H2,(H2,11,12). The second kappa shape index (κ2) is 4.20. The Hall–Kier alpha value is -0.910. The molecule has 12 heavy (non-hydrogen) atoms. The van der Waals surface area contributed by atoms with Crippen LogP contribution in [0.25, 0.3) is 0 Å². The van der Waals surface area contributed by atoms with Crippen molar-refractivity contribution in [2.45, 2.75) is 0 Å². The number of nitrogens with two attached hydrogens (primary N) is 1. The van der Waals surface area contributed by atoms with Crippen LogP contribution in [-0.4, -0.2) is 10.9 Å². The maximum atomic E-state index is 5.59. The van der Waals surface area contributed by atoms with Gasteiger partial charge in [-0.15, -0.1) is 11.6 Å². The Kier molecular flexibility index (Phi) is 3.21. The van der Waals surface area contributed by atoms with Crippen LogP contribution >= 0.6 is 23.2 Å². The third-order valence-electron chi connectivity index (χ3n) is 1.19. The van der Waals surface area contributed by atoms with Crippen LogP contribution in [0.1, 0.15) is 5.56 Å². The minimum absolute atomic E-state index is 0.280. The van der Waals surface area contributed by atoms with Crippen LogP contribution in [0.4, 0.5) is 5.69 Å². The molecule has 1 rings (SSSR count). The molecule has 0 saturated carbocycles.